The third-order valence-electron chi connectivity index (χ3n) is 2.66. The van der Waals surface area contributed by atoms with Crippen LogP contribution in [0.15, 0.2) is 42.6 Å². The predicted molar refractivity (Wildman–Crippen MR) is 79.7 cm³/mol. The molecule has 2 aromatic heterocycles. The molecule has 2 rings (SSSR count). The minimum Gasteiger partial charge on any atom is -0.311 e. The Morgan fingerprint density at radius 1 is 1.05 bits per heavy atom. The number of aryl methyl sites for hydroxylation is 1. The van der Waals surface area contributed by atoms with Crippen molar-refractivity contribution in [2.75, 3.05) is 10.6 Å². The number of hydrogen-bond donors (Lipinski definition) is 2. The molecule has 0 spiro atoms. The Morgan fingerprint density at radius 2 is 1.81 bits per heavy atom. The van der Waals surface area contributed by atoms with E-state index in [2.05, 4.69) is 20.6 Å². The molecule has 0 atom stereocenters. The Labute approximate surface area is 122 Å². The van der Waals surface area contributed by atoms with Crippen LogP contribution >= 0.6 is 0 Å². The van der Waals surface area contributed by atoms with Crippen molar-refractivity contribution in [1.82, 2.24) is 9.97 Å². The summed E-state index contributed by atoms with van der Waals surface area (Å²) in [4.78, 5) is 31.1. The molecule has 0 saturated heterocycles. The van der Waals surface area contributed by atoms with Gasteiger partial charge in [-0.15, -0.1) is 0 Å². The highest BCUT2D eigenvalue weighted by Crippen LogP contribution is 2.10. The molecule has 0 aliphatic rings. The number of nitrogens with zero attached hydrogens (tertiary/aromatic N) is 2. The molecule has 21 heavy (non-hydrogen) atoms. The Bertz CT molecular complexity index is 629. The number of rotatable bonds is 5. The van der Waals surface area contributed by atoms with Crippen molar-refractivity contribution in [2.45, 2.75) is 19.8 Å². The monoisotopic (exact) mass is 284 g/mol. The maximum atomic E-state index is 11.9. The summed E-state index contributed by atoms with van der Waals surface area (Å²) in [7, 11) is 0. The Kier molecular flexibility index (Phi) is 4.98. The number of carbonyl (C=O) groups excluding carboxylic acids is 2. The summed E-state index contributed by atoms with van der Waals surface area (Å²) in [6.07, 6.45) is 2.59. The first kappa shape index (κ1) is 14.6. The first-order valence-electron chi connectivity index (χ1n) is 6.58. The molecule has 0 saturated carbocycles. The number of hydrogen-bond acceptors (Lipinski definition) is 4. The van der Waals surface area contributed by atoms with E-state index in [0.717, 1.165) is 5.69 Å². The van der Waals surface area contributed by atoms with Gasteiger partial charge in [0.25, 0.3) is 0 Å². The minimum atomic E-state index is -0.207. The van der Waals surface area contributed by atoms with Crippen LogP contribution in [0.5, 0.6) is 0 Å². The molecule has 0 aliphatic heterocycles. The second-order valence-corrected chi connectivity index (χ2v) is 4.46. The van der Waals surface area contributed by atoms with E-state index in [4.69, 9.17) is 0 Å². The van der Waals surface area contributed by atoms with Crippen molar-refractivity contribution in [3.63, 3.8) is 0 Å². The summed E-state index contributed by atoms with van der Waals surface area (Å²) in [5.74, 6) is 0.464. The molecule has 0 aromatic carbocycles. The standard InChI is InChI=1S/C15H16N4O2/c1-11(20)17-13-6-4-7-14(18-13)19-15(21)9-8-12-5-2-3-10-16-12/h2-7,10H,8-9H2,1H3,(H2,17,18,19,20,21). The molecule has 0 bridgehead atoms. The molecule has 0 radical (unpaired) electrons. The van der Waals surface area contributed by atoms with Crippen LogP contribution in [0, 0.1) is 0 Å². The molecule has 0 unspecified atom stereocenters. The first-order chi connectivity index (χ1) is 10.1. The van der Waals surface area contributed by atoms with E-state index in [9.17, 15) is 9.59 Å². The van der Waals surface area contributed by atoms with E-state index in [-0.39, 0.29) is 11.8 Å². The van der Waals surface area contributed by atoms with E-state index < -0.39 is 0 Å². The van der Waals surface area contributed by atoms with E-state index in [1.165, 1.54) is 6.92 Å². The molecule has 0 aliphatic carbocycles. The largest absolute Gasteiger partial charge is 0.311 e. The van der Waals surface area contributed by atoms with Crippen LogP contribution in [0.4, 0.5) is 11.6 Å². The van der Waals surface area contributed by atoms with Crippen molar-refractivity contribution in [2.24, 2.45) is 0 Å². The zero-order chi connectivity index (χ0) is 15.1. The Hall–Kier alpha value is -2.76. The van der Waals surface area contributed by atoms with Gasteiger partial charge in [0, 0.05) is 25.2 Å². The van der Waals surface area contributed by atoms with Gasteiger partial charge in [-0.2, -0.15) is 0 Å². The van der Waals surface area contributed by atoms with Gasteiger partial charge >= 0.3 is 0 Å². The van der Waals surface area contributed by atoms with Crippen molar-refractivity contribution in [3.8, 4) is 0 Å². The summed E-state index contributed by atoms with van der Waals surface area (Å²) in [5.41, 5.74) is 0.868. The summed E-state index contributed by atoms with van der Waals surface area (Å²) >= 11 is 0. The molecular weight excluding hydrogens is 268 g/mol. The van der Waals surface area contributed by atoms with Gasteiger partial charge in [-0.1, -0.05) is 12.1 Å². The average Bonchev–Trinajstić information content (AvgIpc) is 2.46. The highest BCUT2D eigenvalue weighted by molar-refractivity contribution is 5.91. The van der Waals surface area contributed by atoms with Gasteiger partial charge in [0.2, 0.25) is 11.8 Å². The Balaban J connectivity index is 1.89. The van der Waals surface area contributed by atoms with Gasteiger partial charge in [0.05, 0.1) is 0 Å². The van der Waals surface area contributed by atoms with Crippen LogP contribution in [0.25, 0.3) is 0 Å². The fraction of sp³-hybridized carbons (Fsp3) is 0.200. The van der Waals surface area contributed by atoms with Crippen molar-refractivity contribution < 1.29 is 9.59 Å². The van der Waals surface area contributed by atoms with E-state index in [0.29, 0.717) is 24.5 Å². The third kappa shape index (κ3) is 5.02. The number of amides is 2. The summed E-state index contributed by atoms with van der Waals surface area (Å²) in [5, 5.41) is 5.26. The number of pyridine rings is 2. The number of aromatic nitrogens is 2. The lowest BCUT2D eigenvalue weighted by Gasteiger charge is -2.06. The molecule has 2 aromatic rings. The maximum absolute atomic E-state index is 11.9. The molecule has 6 nitrogen and oxygen atoms in total. The molecule has 2 amide bonds. The van der Waals surface area contributed by atoms with Gasteiger partial charge in [-0.3, -0.25) is 14.6 Å². The fourth-order valence-corrected chi connectivity index (χ4v) is 1.75. The predicted octanol–water partition coefficient (Wildman–Crippen LogP) is 2.01. The van der Waals surface area contributed by atoms with Gasteiger partial charge < -0.3 is 10.6 Å². The van der Waals surface area contributed by atoms with Crippen molar-refractivity contribution in [3.05, 3.63) is 48.3 Å². The molecule has 0 fully saturated rings. The summed E-state index contributed by atoms with van der Waals surface area (Å²) < 4.78 is 0. The van der Waals surface area contributed by atoms with E-state index in [1.807, 2.05) is 18.2 Å². The smallest absolute Gasteiger partial charge is 0.225 e. The zero-order valence-electron chi connectivity index (χ0n) is 11.7. The van der Waals surface area contributed by atoms with Crippen molar-refractivity contribution >= 4 is 23.5 Å². The van der Waals surface area contributed by atoms with Crippen LogP contribution in [0.3, 0.4) is 0 Å². The highest BCUT2D eigenvalue weighted by Gasteiger charge is 2.05. The third-order valence-corrected chi connectivity index (χ3v) is 2.66. The van der Waals surface area contributed by atoms with Crippen LogP contribution in [-0.4, -0.2) is 21.8 Å². The van der Waals surface area contributed by atoms with Gasteiger partial charge in [0.1, 0.15) is 11.6 Å². The summed E-state index contributed by atoms with van der Waals surface area (Å²) in [6, 6.07) is 10.6. The minimum absolute atomic E-state index is 0.145. The lowest BCUT2D eigenvalue weighted by Crippen LogP contribution is -2.15. The van der Waals surface area contributed by atoms with Crippen LogP contribution < -0.4 is 10.6 Å². The van der Waals surface area contributed by atoms with Gasteiger partial charge in [-0.05, 0) is 30.7 Å². The summed E-state index contributed by atoms with van der Waals surface area (Å²) in [6.45, 7) is 1.40. The first-order valence-corrected chi connectivity index (χ1v) is 6.58. The van der Waals surface area contributed by atoms with Crippen molar-refractivity contribution in [1.29, 1.82) is 0 Å². The number of nitrogens with one attached hydrogen (secondary N) is 2. The van der Waals surface area contributed by atoms with Crippen LogP contribution in [0.2, 0.25) is 0 Å². The average molecular weight is 284 g/mol. The second kappa shape index (κ2) is 7.14. The Morgan fingerprint density at radius 3 is 2.48 bits per heavy atom. The number of carbonyl (C=O) groups is 2. The maximum Gasteiger partial charge on any atom is 0.225 e. The highest BCUT2D eigenvalue weighted by atomic mass is 16.2. The molecular formula is C15H16N4O2. The molecule has 2 heterocycles. The normalized spacial score (nSPS) is 9.95. The quantitative estimate of drug-likeness (QED) is 0.879. The van der Waals surface area contributed by atoms with E-state index >= 15 is 0 Å². The topological polar surface area (TPSA) is 84.0 Å². The van der Waals surface area contributed by atoms with Gasteiger partial charge in [0.15, 0.2) is 0 Å². The second-order valence-electron chi connectivity index (χ2n) is 4.46. The fourth-order valence-electron chi connectivity index (χ4n) is 1.75. The molecule has 6 heteroatoms. The van der Waals surface area contributed by atoms with Crippen LogP contribution in [0.1, 0.15) is 19.0 Å². The molecule has 108 valence electrons. The SMILES string of the molecule is CC(=O)Nc1cccc(NC(=O)CCc2ccccn2)n1. The van der Waals surface area contributed by atoms with Crippen LogP contribution in [-0.2, 0) is 16.0 Å². The lowest BCUT2D eigenvalue weighted by molar-refractivity contribution is -0.116. The van der Waals surface area contributed by atoms with Gasteiger partial charge in [-0.25, -0.2) is 4.98 Å². The molecule has 2 N–H and O–H groups in total. The number of anilines is 2. The van der Waals surface area contributed by atoms with E-state index in [1.54, 1.807) is 24.4 Å². The zero-order valence-corrected chi connectivity index (χ0v) is 11.7. The lowest BCUT2D eigenvalue weighted by atomic mass is 10.2.